The molecule has 0 saturated carbocycles. The second kappa shape index (κ2) is 7.00. The zero-order chi connectivity index (χ0) is 17.8. The van der Waals surface area contributed by atoms with Gasteiger partial charge < -0.3 is 9.15 Å². The van der Waals surface area contributed by atoms with Crippen LogP contribution in [0.1, 0.15) is 17.3 Å². The van der Waals surface area contributed by atoms with Gasteiger partial charge in [-0.1, -0.05) is 30.3 Å². The summed E-state index contributed by atoms with van der Waals surface area (Å²) in [5.74, 6) is 0.0132. The van der Waals surface area contributed by atoms with Crippen LogP contribution in [0.2, 0.25) is 0 Å². The number of furan rings is 1. The average Bonchev–Trinajstić information content (AvgIpc) is 3.08. The van der Waals surface area contributed by atoms with Crippen LogP contribution in [0.15, 0.2) is 65.3 Å². The van der Waals surface area contributed by atoms with E-state index in [9.17, 15) is 14.9 Å². The molecule has 25 heavy (non-hydrogen) atoms. The SMILES string of the molecule is CCOC(=O)c1coc(-c2ccccc2)c1-c1ccc([N+](=O)[O-])cc1. The lowest BCUT2D eigenvalue weighted by atomic mass is 9.98. The van der Waals surface area contributed by atoms with Gasteiger partial charge in [-0.15, -0.1) is 0 Å². The first kappa shape index (κ1) is 16.4. The second-order valence-electron chi connectivity index (χ2n) is 5.24. The number of nitro benzene ring substituents is 1. The van der Waals surface area contributed by atoms with Crippen molar-refractivity contribution in [1.29, 1.82) is 0 Å². The average molecular weight is 337 g/mol. The highest BCUT2D eigenvalue weighted by atomic mass is 16.6. The highest BCUT2D eigenvalue weighted by Gasteiger charge is 2.23. The van der Waals surface area contributed by atoms with Crippen LogP contribution in [0, 0.1) is 10.1 Å². The molecule has 0 N–H and O–H groups in total. The molecule has 0 unspecified atom stereocenters. The normalized spacial score (nSPS) is 10.4. The number of carbonyl (C=O) groups is 1. The third-order valence-corrected chi connectivity index (χ3v) is 3.69. The monoisotopic (exact) mass is 337 g/mol. The van der Waals surface area contributed by atoms with Gasteiger partial charge in [0, 0.05) is 23.3 Å². The first-order valence-electron chi connectivity index (χ1n) is 7.70. The molecule has 0 aliphatic carbocycles. The summed E-state index contributed by atoms with van der Waals surface area (Å²) in [5.41, 5.74) is 2.26. The Balaban J connectivity index is 2.15. The Morgan fingerprint density at radius 3 is 2.36 bits per heavy atom. The van der Waals surface area contributed by atoms with Crippen molar-refractivity contribution in [3.63, 3.8) is 0 Å². The number of benzene rings is 2. The Bertz CT molecular complexity index is 897. The van der Waals surface area contributed by atoms with Crippen LogP contribution >= 0.6 is 0 Å². The number of nitro groups is 1. The lowest BCUT2D eigenvalue weighted by Crippen LogP contribution is -2.04. The van der Waals surface area contributed by atoms with E-state index in [1.807, 2.05) is 30.3 Å². The Hall–Kier alpha value is -3.41. The van der Waals surface area contributed by atoms with Crippen molar-refractivity contribution in [3.05, 3.63) is 76.5 Å². The maximum absolute atomic E-state index is 12.3. The van der Waals surface area contributed by atoms with E-state index in [0.29, 0.717) is 16.9 Å². The number of ether oxygens (including phenoxy) is 1. The van der Waals surface area contributed by atoms with Crippen molar-refractivity contribution in [2.24, 2.45) is 0 Å². The van der Waals surface area contributed by atoms with E-state index in [0.717, 1.165) is 5.56 Å². The maximum atomic E-state index is 12.3. The lowest BCUT2D eigenvalue weighted by molar-refractivity contribution is -0.384. The van der Waals surface area contributed by atoms with Gasteiger partial charge in [-0.05, 0) is 24.6 Å². The van der Waals surface area contributed by atoms with Gasteiger partial charge in [0.25, 0.3) is 5.69 Å². The molecule has 126 valence electrons. The van der Waals surface area contributed by atoms with Gasteiger partial charge in [-0.25, -0.2) is 4.79 Å². The summed E-state index contributed by atoms with van der Waals surface area (Å²) in [4.78, 5) is 22.7. The van der Waals surface area contributed by atoms with Crippen molar-refractivity contribution in [1.82, 2.24) is 0 Å². The second-order valence-corrected chi connectivity index (χ2v) is 5.24. The zero-order valence-corrected chi connectivity index (χ0v) is 13.5. The van der Waals surface area contributed by atoms with E-state index >= 15 is 0 Å². The van der Waals surface area contributed by atoms with Gasteiger partial charge in [-0.2, -0.15) is 0 Å². The topological polar surface area (TPSA) is 82.6 Å². The van der Waals surface area contributed by atoms with Crippen molar-refractivity contribution >= 4 is 11.7 Å². The molecule has 0 radical (unpaired) electrons. The summed E-state index contributed by atoms with van der Waals surface area (Å²) < 4.78 is 10.7. The van der Waals surface area contributed by atoms with Crippen molar-refractivity contribution < 1.29 is 18.9 Å². The molecule has 3 aromatic rings. The number of hydrogen-bond donors (Lipinski definition) is 0. The Morgan fingerprint density at radius 2 is 1.76 bits per heavy atom. The molecule has 0 aliphatic rings. The summed E-state index contributed by atoms with van der Waals surface area (Å²) in [6.07, 6.45) is 1.36. The molecule has 0 atom stereocenters. The fraction of sp³-hybridized carbons (Fsp3) is 0.105. The van der Waals surface area contributed by atoms with Crippen LogP contribution in [0.3, 0.4) is 0 Å². The van der Waals surface area contributed by atoms with Crippen LogP contribution in [0.25, 0.3) is 22.5 Å². The number of non-ortho nitro benzene ring substituents is 1. The van der Waals surface area contributed by atoms with Crippen LogP contribution in [0.5, 0.6) is 0 Å². The third kappa shape index (κ3) is 3.28. The van der Waals surface area contributed by atoms with E-state index < -0.39 is 10.9 Å². The van der Waals surface area contributed by atoms with E-state index in [4.69, 9.17) is 9.15 Å². The third-order valence-electron chi connectivity index (χ3n) is 3.69. The molecule has 1 aromatic heterocycles. The first-order valence-corrected chi connectivity index (χ1v) is 7.70. The van der Waals surface area contributed by atoms with Crippen molar-refractivity contribution in [2.75, 3.05) is 6.61 Å². The molecule has 0 spiro atoms. The van der Waals surface area contributed by atoms with Crippen LogP contribution in [-0.2, 0) is 4.74 Å². The number of esters is 1. The molecule has 6 heteroatoms. The largest absolute Gasteiger partial charge is 0.463 e. The predicted octanol–water partition coefficient (Wildman–Crippen LogP) is 4.70. The van der Waals surface area contributed by atoms with Crippen LogP contribution < -0.4 is 0 Å². The molecular formula is C19H15NO5. The summed E-state index contributed by atoms with van der Waals surface area (Å²) in [6.45, 7) is 1.96. The standard InChI is InChI=1S/C19H15NO5/c1-2-24-19(21)16-12-25-18(14-6-4-3-5-7-14)17(16)13-8-10-15(11-9-13)20(22)23/h3-12H,2H2,1H3. The Morgan fingerprint density at radius 1 is 1.08 bits per heavy atom. The molecule has 0 aliphatic heterocycles. The van der Waals surface area contributed by atoms with E-state index in [-0.39, 0.29) is 17.9 Å². The minimum atomic E-state index is -0.498. The molecular weight excluding hydrogens is 322 g/mol. The molecule has 0 bridgehead atoms. The Labute approximate surface area is 143 Å². The maximum Gasteiger partial charge on any atom is 0.342 e. The van der Waals surface area contributed by atoms with Crippen LogP contribution in [-0.4, -0.2) is 17.5 Å². The molecule has 0 saturated heterocycles. The Kier molecular flexibility index (Phi) is 4.61. The quantitative estimate of drug-likeness (QED) is 0.383. The van der Waals surface area contributed by atoms with Gasteiger partial charge in [0.1, 0.15) is 17.6 Å². The molecule has 6 nitrogen and oxygen atoms in total. The molecule has 2 aromatic carbocycles. The highest BCUT2D eigenvalue weighted by Crippen LogP contribution is 2.37. The smallest absolute Gasteiger partial charge is 0.342 e. The fourth-order valence-corrected chi connectivity index (χ4v) is 2.56. The summed E-state index contributed by atoms with van der Waals surface area (Å²) >= 11 is 0. The molecule has 3 rings (SSSR count). The summed E-state index contributed by atoms with van der Waals surface area (Å²) in [5, 5.41) is 10.9. The number of nitrogens with zero attached hydrogens (tertiary/aromatic N) is 1. The van der Waals surface area contributed by atoms with Crippen molar-refractivity contribution in [2.45, 2.75) is 6.92 Å². The van der Waals surface area contributed by atoms with Crippen LogP contribution in [0.4, 0.5) is 5.69 Å². The zero-order valence-electron chi connectivity index (χ0n) is 13.5. The molecule has 0 amide bonds. The van der Waals surface area contributed by atoms with E-state index in [1.165, 1.54) is 18.4 Å². The number of rotatable bonds is 5. The van der Waals surface area contributed by atoms with Gasteiger partial charge >= 0.3 is 5.97 Å². The number of hydrogen-bond acceptors (Lipinski definition) is 5. The molecule has 1 heterocycles. The number of carbonyl (C=O) groups excluding carboxylic acids is 1. The summed E-state index contributed by atoms with van der Waals surface area (Å²) in [7, 11) is 0. The minimum Gasteiger partial charge on any atom is -0.463 e. The predicted molar refractivity (Wildman–Crippen MR) is 92.2 cm³/mol. The van der Waals surface area contributed by atoms with Gasteiger partial charge in [-0.3, -0.25) is 10.1 Å². The van der Waals surface area contributed by atoms with Gasteiger partial charge in [0.2, 0.25) is 0 Å². The van der Waals surface area contributed by atoms with E-state index in [1.54, 1.807) is 19.1 Å². The van der Waals surface area contributed by atoms with Gasteiger partial charge in [0.05, 0.1) is 11.5 Å². The molecule has 0 fully saturated rings. The van der Waals surface area contributed by atoms with Gasteiger partial charge in [0.15, 0.2) is 0 Å². The first-order chi connectivity index (χ1) is 12.1. The van der Waals surface area contributed by atoms with E-state index in [2.05, 4.69) is 0 Å². The highest BCUT2D eigenvalue weighted by molar-refractivity contribution is 6.01. The summed E-state index contributed by atoms with van der Waals surface area (Å²) in [6, 6.07) is 15.3. The lowest BCUT2D eigenvalue weighted by Gasteiger charge is -2.06. The fourth-order valence-electron chi connectivity index (χ4n) is 2.56. The van der Waals surface area contributed by atoms with Crippen molar-refractivity contribution in [3.8, 4) is 22.5 Å². The minimum absolute atomic E-state index is 0.0220.